The molecule has 4 heteroatoms. The first kappa shape index (κ1) is 16.5. The molecule has 1 aliphatic heterocycles. The molecular formula is C20H23NO3. The van der Waals surface area contributed by atoms with Crippen LogP contribution in [0.4, 0.5) is 5.69 Å². The van der Waals surface area contributed by atoms with Crippen LogP contribution in [0.5, 0.6) is 0 Å². The molecule has 0 aliphatic carbocycles. The van der Waals surface area contributed by atoms with Gasteiger partial charge < -0.3 is 14.7 Å². The Morgan fingerprint density at radius 2 is 1.71 bits per heavy atom. The number of rotatable bonds is 5. The minimum Gasteiger partial charge on any atom is -0.461 e. The SMILES string of the molecule is O=C(Cc1ccccc1N1CCC(O)CC1)OCc1ccccc1. The van der Waals surface area contributed by atoms with Crippen molar-refractivity contribution in [3.05, 3.63) is 65.7 Å². The second-order valence-electron chi connectivity index (χ2n) is 6.17. The quantitative estimate of drug-likeness (QED) is 0.859. The summed E-state index contributed by atoms with van der Waals surface area (Å²) in [5.74, 6) is -0.219. The van der Waals surface area contributed by atoms with Crippen molar-refractivity contribution in [1.82, 2.24) is 0 Å². The summed E-state index contributed by atoms with van der Waals surface area (Å²) < 4.78 is 5.39. The van der Waals surface area contributed by atoms with E-state index in [0.717, 1.165) is 42.7 Å². The highest BCUT2D eigenvalue weighted by Gasteiger charge is 2.20. The average molecular weight is 325 g/mol. The number of piperidine rings is 1. The van der Waals surface area contributed by atoms with Gasteiger partial charge in [-0.1, -0.05) is 48.5 Å². The molecule has 0 aromatic heterocycles. The Bertz CT molecular complexity index is 664. The van der Waals surface area contributed by atoms with Crippen LogP contribution < -0.4 is 4.90 Å². The van der Waals surface area contributed by atoms with Gasteiger partial charge >= 0.3 is 5.97 Å². The van der Waals surface area contributed by atoms with E-state index in [1.54, 1.807) is 0 Å². The molecule has 3 rings (SSSR count). The van der Waals surface area contributed by atoms with Gasteiger partial charge in [-0.15, -0.1) is 0 Å². The Morgan fingerprint density at radius 1 is 1.04 bits per heavy atom. The van der Waals surface area contributed by atoms with Gasteiger partial charge in [0.25, 0.3) is 0 Å². The molecule has 126 valence electrons. The van der Waals surface area contributed by atoms with E-state index in [0.29, 0.717) is 6.61 Å². The lowest BCUT2D eigenvalue weighted by molar-refractivity contribution is -0.144. The van der Waals surface area contributed by atoms with E-state index >= 15 is 0 Å². The van der Waals surface area contributed by atoms with Crippen molar-refractivity contribution in [2.45, 2.75) is 32.0 Å². The highest BCUT2D eigenvalue weighted by atomic mass is 16.5. The Balaban J connectivity index is 1.61. The zero-order valence-corrected chi connectivity index (χ0v) is 13.7. The molecule has 1 heterocycles. The highest BCUT2D eigenvalue weighted by molar-refractivity contribution is 5.75. The molecule has 1 N–H and O–H groups in total. The van der Waals surface area contributed by atoms with Crippen molar-refractivity contribution in [2.24, 2.45) is 0 Å². The monoisotopic (exact) mass is 325 g/mol. The molecule has 2 aromatic carbocycles. The third-order valence-corrected chi connectivity index (χ3v) is 4.37. The molecule has 0 amide bonds. The molecule has 0 radical (unpaired) electrons. The van der Waals surface area contributed by atoms with E-state index in [9.17, 15) is 9.90 Å². The maximum atomic E-state index is 12.2. The summed E-state index contributed by atoms with van der Waals surface area (Å²) in [4.78, 5) is 14.4. The molecule has 1 aliphatic rings. The van der Waals surface area contributed by atoms with Crippen LogP contribution in [-0.4, -0.2) is 30.3 Å². The molecule has 2 aromatic rings. The Morgan fingerprint density at radius 3 is 2.46 bits per heavy atom. The third kappa shape index (κ3) is 4.36. The lowest BCUT2D eigenvalue weighted by Gasteiger charge is -2.32. The predicted molar refractivity (Wildman–Crippen MR) is 93.8 cm³/mol. The fourth-order valence-electron chi connectivity index (χ4n) is 3.02. The molecule has 0 bridgehead atoms. The first-order valence-electron chi connectivity index (χ1n) is 8.43. The summed E-state index contributed by atoms with van der Waals surface area (Å²) in [7, 11) is 0. The zero-order valence-electron chi connectivity index (χ0n) is 13.7. The number of anilines is 1. The van der Waals surface area contributed by atoms with Gasteiger partial charge in [-0.05, 0) is 30.0 Å². The lowest BCUT2D eigenvalue weighted by Crippen LogP contribution is -2.36. The minimum absolute atomic E-state index is 0.204. The number of aliphatic hydroxyl groups is 1. The van der Waals surface area contributed by atoms with Gasteiger partial charge in [0.2, 0.25) is 0 Å². The van der Waals surface area contributed by atoms with Crippen LogP contribution in [0.1, 0.15) is 24.0 Å². The van der Waals surface area contributed by atoms with Gasteiger partial charge in [-0.2, -0.15) is 0 Å². The number of hydrogen-bond acceptors (Lipinski definition) is 4. The van der Waals surface area contributed by atoms with Crippen molar-refractivity contribution in [1.29, 1.82) is 0 Å². The van der Waals surface area contributed by atoms with E-state index in [4.69, 9.17) is 4.74 Å². The van der Waals surface area contributed by atoms with Crippen LogP contribution in [0.2, 0.25) is 0 Å². The summed E-state index contributed by atoms with van der Waals surface area (Å²) >= 11 is 0. The molecule has 24 heavy (non-hydrogen) atoms. The van der Waals surface area contributed by atoms with E-state index in [1.807, 2.05) is 54.6 Å². The van der Waals surface area contributed by atoms with E-state index < -0.39 is 0 Å². The smallest absolute Gasteiger partial charge is 0.310 e. The van der Waals surface area contributed by atoms with Crippen LogP contribution in [0.3, 0.4) is 0 Å². The molecule has 0 spiro atoms. The Hall–Kier alpha value is -2.33. The van der Waals surface area contributed by atoms with E-state index in [1.165, 1.54) is 0 Å². The van der Waals surface area contributed by atoms with Gasteiger partial charge in [-0.3, -0.25) is 4.79 Å². The zero-order chi connectivity index (χ0) is 16.8. The second-order valence-corrected chi connectivity index (χ2v) is 6.17. The molecule has 1 saturated heterocycles. The topological polar surface area (TPSA) is 49.8 Å². The van der Waals surface area contributed by atoms with Crippen molar-refractivity contribution >= 4 is 11.7 Å². The van der Waals surface area contributed by atoms with Gasteiger partial charge in [0.1, 0.15) is 6.61 Å². The molecule has 0 atom stereocenters. The maximum Gasteiger partial charge on any atom is 0.310 e. The largest absolute Gasteiger partial charge is 0.461 e. The fraction of sp³-hybridized carbons (Fsp3) is 0.350. The van der Waals surface area contributed by atoms with Crippen LogP contribution in [-0.2, 0) is 22.6 Å². The summed E-state index contributed by atoms with van der Waals surface area (Å²) in [6.07, 6.45) is 1.60. The number of carbonyl (C=O) groups excluding carboxylic acids is 1. The van der Waals surface area contributed by atoms with Crippen LogP contribution >= 0.6 is 0 Å². The number of aliphatic hydroxyl groups excluding tert-OH is 1. The van der Waals surface area contributed by atoms with Crippen LogP contribution in [0.25, 0.3) is 0 Å². The van der Waals surface area contributed by atoms with Gasteiger partial charge in [0, 0.05) is 18.8 Å². The highest BCUT2D eigenvalue weighted by Crippen LogP contribution is 2.25. The maximum absolute atomic E-state index is 12.2. The predicted octanol–water partition coefficient (Wildman–Crippen LogP) is 2.93. The number of carbonyl (C=O) groups is 1. The number of nitrogens with zero attached hydrogens (tertiary/aromatic N) is 1. The second kappa shape index (κ2) is 7.97. The van der Waals surface area contributed by atoms with Gasteiger partial charge in [0.05, 0.1) is 12.5 Å². The summed E-state index contributed by atoms with van der Waals surface area (Å²) in [5.41, 5.74) is 3.04. The number of hydrogen-bond donors (Lipinski definition) is 1. The van der Waals surface area contributed by atoms with Crippen molar-refractivity contribution in [3.8, 4) is 0 Å². The number of para-hydroxylation sites is 1. The Kier molecular flexibility index (Phi) is 5.49. The normalized spacial score (nSPS) is 15.3. The Labute approximate surface area is 142 Å². The molecular weight excluding hydrogens is 302 g/mol. The average Bonchev–Trinajstić information content (AvgIpc) is 2.62. The van der Waals surface area contributed by atoms with Crippen LogP contribution in [0.15, 0.2) is 54.6 Å². The van der Waals surface area contributed by atoms with Gasteiger partial charge in [-0.25, -0.2) is 0 Å². The van der Waals surface area contributed by atoms with Crippen molar-refractivity contribution in [3.63, 3.8) is 0 Å². The molecule has 1 fully saturated rings. The molecule has 0 saturated carbocycles. The molecule has 0 unspecified atom stereocenters. The first-order chi connectivity index (χ1) is 11.7. The van der Waals surface area contributed by atoms with Gasteiger partial charge in [0.15, 0.2) is 0 Å². The molecule has 4 nitrogen and oxygen atoms in total. The van der Waals surface area contributed by atoms with E-state index in [-0.39, 0.29) is 18.5 Å². The fourth-order valence-corrected chi connectivity index (χ4v) is 3.02. The number of esters is 1. The summed E-state index contributed by atoms with van der Waals surface area (Å²) in [6, 6.07) is 17.6. The van der Waals surface area contributed by atoms with E-state index in [2.05, 4.69) is 4.90 Å². The summed E-state index contributed by atoms with van der Waals surface area (Å²) in [5, 5.41) is 9.67. The summed E-state index contributed by atoms with van der Waals surface area (Å²) in [6.45, 7) is 1.94. The third-order valence-electron chi connectivity index (χ3n) is 4.37. The number of benzene rings is 2. The van der Waals surface area contributed by atoms with Crippen LogP contribution in [0, 0.1) is 0 Å². The standard InChI is InChI=1S/C20H23NO3/c22-18-10-12-21(13-11-18)19-9-5-4-8-17(19)14-20(23)24-15-16-6-2-1-3-7-16/h1-9,18,22H,10-15H2. The minimum atomic E-state index is -0.219. The van der Waals surface area contributed by atoms with Crippen molar-refractivity contribution < 1.29 is 14.6 Å². The number of ether oxygens (including phenoxy) is 1. The lowest BCUT2D eigenvalue weighted by atomic mass is 10.0. The first-order valence-corrected chi connectivity index (χ1v) is 8.43. The van der Waals surface area contributed by atoms with Crippen molar-refractivity contribution in [2.75, 3.05) is 18.0 Å².